The van der Waals surface area contributed by atoms with Gasteiger partial charge in [-0.1, -0.05) is 93.4 Å². The van der Waals surface area contributed by atoms with Crippen LogP contribution in [0.1, 0.15) is 143 Å². The van der Waals surface area contributed by atoms with Crippen molar-refractivity contribution in [2.24, 2.45) is 5.41 Å². The Balaban J connectivity index is 2.16. The van der Waals surface area contributed by atoms with Gasteiger partial charge in [-0.15, -0.1) is 17.9 Å². The number of thiazole rings is 1. The van der Waals surface area contributed by atoms with Crippen molar-refractivity contribution in [3.8, 4) is 0 Å². The normalized spacial score (nSPS) is 18.6. The van der Waals surface area contributed by atoms with Gasteiger partial charge in [-0.2, -0.15) is 0 Å². The van der Waals surface area contributed by atoms with E-state index in [9.17, 15) is 9.90 Å². The van der Waals surface area contributed by atoms with Crippen molar-refractivity contribution in [3.05, 3.63) is 40.9 Å². The predicted molar refractivity (Wildman–Crippen MR) is 231 cm³/mol. The van der Waals surface area contributed by atoms with Crippen LogP contribution in [0.4, 0.5) is 0 Å². The van der Waals surface area contributed by atoms with Crippen LogP contribution in [0.25, 0.3) is 0 Å². The van der Waals surface area contributed by atoms with Gasteiger partial charge < -0.3 is 18.4 Å². The zero-order valence-electron chi connectivity index (χ0n) is 36.3. The fourth-order valence-corrected chi connectivity index (χ4v) is 10.6. The Morgan fingerprint density at radius 3 is 1.90 bits per heavy atom. The number of allylic oxidation sites excluding steroid dienone is 1. The number of carbonyl (C=O) groups excluding carboxylic acids is 1. The third-order valence-corrected chi connectivity index (χ3v) is 27.2. The first kappa shape index (κ1) is 47.4. The topological polar surface area (TPSA) is 77.9 Å². The molecule has 1 aliphatic rings. The molecule has 1 aliphatic carbocycles. The maximum absolute atomic E-state index is 14.4. The molecule has 1 N–H and O–H groups in total. The molecule has 6 nitrogen and oxygen atoms in total. The summed E-state index contributed by atoms with van der Waals surface area (Å²) in [4.78, 5) is 19.4. The first-order valence-corrected chi connectivity index (χ1v) is 29.6. The zero-order valence-corrected chi connectivity index (χ0v) is 40.1. The number of carbonyl (C=O) groups is 1. The van der Waals surface area contributed by atoms with Crippen molar-refractivity contribution in [3.63, 3.8) is 0 Å². The summed E-state index contributed by atoms with van der Waals surface area (Å²) < 4.78 is 21.0. The molecule has 0 bridgehead atoms. The molecular formula is C42H79NO5SSi3. The molecule has 0 amide bonds. The zero-order chi connectivity index (χ0) is 40.0. The molecule has 4 atom stereocenters. The minimum Gasteiger partial charge on any atom is -0.413 e. The van der Waals surface area contributed by atoms with Gasteiger partial charge in [0.15, 0.2) is 25.0 Å². The van der Waals surface area contributed by atoms with Crippen LogP contribution in [0.5, 0.6) is 0 Å². The third-order valence-electron chi connectivity index (χ3n) is 12.9. The predicted octanol–water partition coefficient (Wildman–Crippen LogP) is 12.9. The van der Waals surface area contributed by atoms with Gasteiger partial charge in [0.25, 0.3) is 0 Å². The van der Waals surface area contributed by atoms with Crippen molar-refractivity contribution >= 4 is 42.1 Å². The van der Waals surface area contributed by atoms with E-state index in [0.717, 1.165) is 55.6 Å². The van der Waals surface area contributed by atoms with Gasteiger partial charge >= 0.3 is 0 Å². The number of hydrogen-bond acceptors (Lipinski definition) is 7. The van der Waals surface area contributed by atoms with E-state index in [1.807, 2.05) is 13.0 Å². The van der Waals surface area contributed by atoms with E-state index in [1.54, 1.807) is 11.3 Å². The first-order valence-electron chi connectivity index (χ1n) is 20.0. The summed E-state index contributed by atoms with van der Waals surface area (Å²) in [5, 5.41) is 14.5. The van der Waals surface area contributed by atoms with E-state index in [1.165, 1.54) is 0 Å². The number of rotatable bonds is 21. The number of Topliss-reactive ketones (excluding diaryl/α,β-unsaturated/α-hetero) is 1. The van der Waals surface area contributed by atoms with E-state index < -0.39 is 36.5 Å². The molecule has 10 heteroatoms. The quantitative estimate of drug-likeness (QED) is 0.0759. The summed E-state index contributed by atoms with van der Waals surface area (Å²) in [6.07, 6.45) is 12.9. The average Bonchev–Trinajstić information content (AvgIpc) is 3.38. The number of aryl methyl sites for hydroxylation is 1. The van der Waals surface area contributed by atoms with Gasteiger partial charge in [-0.25, -0.2) is 4.98 Å². The van der Waals surface area contributed by atoms with Crippen LogP contribution in [-0.2, 0) is 18.1 Å². The van der Waals surface area contributed by atoms with Crippen LogP contribution in [0.2, 0.25) is 54.4 Å². The third kappa shape index (κ3) is 12.9. The molecular weight excluding hydrogens is 715 g/mol. The van der Waals surface area contributed by atoms with Gasteiger partial charge in [0.1, 0.15) is 5.78 Å². The van der Waals surface area contributed by atoms with E-state index in [4.69, 9.17) is 18.3 Å². The molecule has 1 fully saturated rings. The molecule has 52 heavy (non-hydrogen) atoms. The highest BCUT2D eigenvalue weighted by Crippen LogP contribution is 2.53. The lowest BCUT2D eigenvalue weighted by Gasteiger charge is -2.52. The first-order chi connectivity index (χ1) is 23.6. The maximum atomic E-state index is 14.4. The Labute approximate surface area is 327 Å². The summed E-state index contributed by atoms with van der Waals surface area (Å²) in [6.45, 7) is 40.2. The Hall–Kier alpha value is -0.729. The molecule has 0 saturated heterocycles. The summed E-state index contributed by atoms with van der Waals surface area (Å²) in [5.41, 5.74) is 0.350. The maximum Gasteiger partial charge on any atom is 0.192 e. The van der Waals surface area contributed by atoms with Crippen LogP contribution >= 0.6 is 11.3 Å². The number of aromatic nitrogens is 1. The summed E-state index contributed by atoms with van der Waals surface area (Å²) in [7, 11) is -6.29. The van der Waals surface area contributed by atoms with Crippen molar-refractivity contribution in [1.29, 1.82) is 0 Å². The minimum absolute atomic E-state index is 0.00936. The number of hydrogen-bond donors (Lipinski definition) is 1. The molecule has 0 spiro atoms. The fourth-order valence-electron chi connectivity index (χ4n) is 6.00. The van der Waals surface area contributed by atoms with Crippen LogP contribution in [0.3, 0.4) is 0 Å². The lowest BCUT2D eigenvalue weighted by molar-refractivity contribution is -0.147. The minimum atomic E-state index is -2.27. The standard InChI is InChI=1S/C42H79NO5SSi3/c1-18-34(46-50(12,13)39(3,4)5)26-23-21-19-20-22-25-33(44)29-37(45)42(27-24-28-42)38(48-52(16,17)41(9,10)11)30-36(35-31-49-32(2)43-35)47-51(14,15)40(6,7)8/h18,21,23,31,33-34,36,38,44H,1,19-20,22,24-30H2,2-17H3/b23-21+. The second kappa shape index (κ2) is 18.5. The lowest BCUT2D eigenvalue weighted by Crippen LogP contribution is -2.56. The Morgan fingerprint density at radius 1 is 0.904 bits per heavy atom. The van der Waals surface area contributed by atoms with E-state index in [0.29, 0.717) is 12.8 Å². The highest BCUT2D eigenvalue weighted by Gasteiger charge is 2.54. The molecule has 0 aromatic carbocycles. The van der Waals surface area contributed by atoms with Gasteiger partial charge in [-0.3, -0.25) is 4.79 Å². The molecule has 300 valence electrons. The monoisotopic (exact) mass is 793 g/mol. The summed E-state index contributed by atoms with van der Waals surface area (Å²) >= 11 is 1.65. The van der Waals surface area contributed by atoms with Gasteiger partial charge in [0, 0.05) is 18.2 Å². The Bertz CT molecular complexity index is 1310. The van der Waals surface area contributed by atoms with Crippen LogP contribution < -0.4 is 0 Å². The van der Waals surface area contributed by atoms with Gasteiger partial charge in [0.05, 0.1) is 40.5 Å². The van der Waals surface area contributed by atoms with Crippen molar-refractivity contribution in [2.45, 2.75) is 212 Å². The van der Waals surface area contributed by atoms with Crippen molar-refractivity contribution in [1.82, 2.24) is 4.98 Å². The second-order valence-electron chi connectivity index (χ2n) is 20.2. The molecule has 0 radical (unpaired) electrons. The molecule has 1 aromatic heterocycles. The number of nitrogens with zero attached hydrogens (tertiary/aromatic N) is 1. The Morgan fingerprint density at radius 2 is 1.44 bits per heavy atom. The van der Waals surface area contributed by atoms with Gasteiger partial charge in [0.2, 0.25) is 0 Å². The van der Waals surface area contributed by atoms with Crippen molar-refractivity contribution < 1.29 is 23.2 Å². The Kier molecular flexibility index (Phi) is 16.9. The fraction of sp³-hybridized carbons (Fsp3) is 0.810. The van der Waals surface area contributed by atoms with E-state index in [2.05, 4.69) is 126 Å². The molecule has 4 unspecified atom stereocenters. The van der Waals surface area contributed by atoms with Crippen molar-refractivity contribution in [2.75, 3.05) is 0 Å². The van der Waals surface area contributed by atoms with Crippen LogP contribution in [-0.4, -0.2) is 59.1 Å². The van der Waals surface area contributed by atoms with Crippen LogP contribution in [0, 0.1) is 12.3 Å². The summed E-state index contributed by atoms with van der Waals surface area (Å²) in [6, 6.07) is 0. The molecule has 0 aliphatic heterocycles. The average molecular weight is 794 g/mol. The van der Waals surface area contributed by atoms with E-state index in [-0.39, 0.29) is 45.6 Å². The summed E-state index contributed by atoms with van der Waals surface area (Å²) in [5.74, 6) is 0.160. The number of ketones is 1. The smallest absolute Gasteiger partial charge is 0.192 e. The molecule has 1 saturated carbocycles. The second-order valence-corrected chi connectivity index (χ2v) is 35.5. The van der Waals surface area contributed by atoms with Crippen LogP contribution in [0.15, 0.2) is 30.2 Å². The van der Waals surface area contributed by atoms with Gasteiger partial charge in [-0.05, 0) is 99.8 Å². The molecule has 1 heterocycles. The highest BCUT2D eigenvalue weighted by molar-refractivity contribution is 7.09. The molecule has 1 aromatic rings. The SMILES string of the molecule is C=CC(C/C=C/CCCCC(O)CC(=O)C1(C(CC(O[Si](C)(C)C(C)(C)C)c2csc(C)n2)O[Si](C)(C)C(C)(C)C)CCC1)O[Si](C)(C)C(C)(C)C. The lowest BCUT2D eigenvalue weighted by atomic mass is 9.60. The van der Waals surface area contributed by atoms with E-state index >= 15 is 0 Å². The number of aliphatic hydroxyl groups excluding tert-OH is 1. The largest absolute Gasteiger partial charge is 0.413 e. The number of unbranched alkanes of at least 4 members (excludes halogenated alkanes) is 2. The molecule has 2 rings (SSSR count). The highest BCUT2D eigenvalue weighted by atomic mass is 32.1. The number of aliphatic hydroxyl groups is 1.